The molecular formula is C13H18N2O2. The summed E-state index contributed by atoms with van der Waals surface area (Å²) >= 11 is 0. The highest BCUT2D eigenvalue weighted by Gasteiger charge is 2.15. The molecule has 4 heteroatoms. The fraction of sp³-hybridized carbons (Fsp3) is 0.462. The Labute approximate surface area is 101 Å². The number of carbonyl (C=O) groups excluding carboxylic acids is 1. The van der Waals surface area contributed by atoms with Gasteiger partial charge < -0.3 is 15.4 Å². The molecule has 2 N–H and O–H groups in total. The smallest absolute Gasteiger partial charge is 0.217 e. The fourth-order valence-electron chi connectivity index (χ4n) is 1.83. The molecule has 1 atom stereocenters. The van der Waals surface area contributed by atoms with Crippen molar-refractivity contribution in [2.24, 2.45) is 0 Å². The lowest BCUT2D eigenvalue weighted by atomic mass is 10.2. The van der Waals surface area contributed by atoms with E-state index in [2.05, 4.69) is 10.6 Å². The average Bonchev–Trinajstić information content (AvgIpc) is 2.81. The highest BCUT2D eigenvalue weighted by Crippen LogP contribution is 2.16. The van der Waals surface area contributed by atoms with Crippen molar-refractivity contribution >= 4 is 5.91 Å². The van der Waals surface area contributed by atoms with Gasteiger partial charge in [0.25, 0.3) is 0 Å². The van der Waals surface area contributed by atoms with E-state index in [9.17, 15) is 4.79 Å². The molecule has 0 spiro atoms. The topological polar surface area (TPSA) is 50.4 Å². The largest absolute Gasteiger partial charge is 0.489 e. The molecule has 1 amide bonds. The number of ether oxygens (including phenoxy) is 1. The van der Waals surface area contributed by atoms with E-state index in [0.717, 1.165) is 30.8 Å². The molecule has 2 rings (SSSR count). The van der Waals surface area contributed by atoms with Crippen LogP contribution in [0, 0.1) is 0 Å². The van der Waals surface area contributed by atoms with Crippen LogP contribution >= 0.6 is 0 Å². The van der Waals surface area contributed by atoms with Crippen LogP contribution < -0.4 is 15.4 Å². The van der Waals surface area contributed by atoms with Crippen LogP contribution in [0.4, 0.5) is 0 Å². The summed E-state index contributed by atoms with van der Waals surface area (Å²) in [7, 11) is 0. The van der Waals surface area contributed by atoms with Gasteiger partial charge in [0.2, 0.25) is 5.91 Å². The van der Waals surface area contributed by atoms with Gasteiger partial charge in [-0.05, 0) is 30.7 Å². The SMILES string of the molecule is CC(=O)NCc1ccc(OC2CCNC2)cc1. The van der Waals surface area contributed by atoms with E-state index in [1.807, 2.05) is 24.3 Å². The van der Waals surface area contributed by atoms with E-state index < -0.39 is 0 Å². The predicted octanol–water partition coefficient (Wildman–Crippen LogP) is 1.06. The Morgan fingerprint density at radius 1 is 1.47 bits per heavy atom. The summed E-state index contributed by atoms with van der Waals surface area (Å²) in [6.45, 7) is 4.05. The Balaban J connectivity index is 1.86. The van der Waals surface area contributed by atoms with Gasteiger partial charge in [-0.1, -0.05) is 12.1 Å². The van der Waals surface area contributed by atoms with Gasteiger partial charge in [0, 0.05) is 20.0 Å². The molecule has 1 fully saturated rings. The molecule has 1 heterocycles. The van der Waals surface area contributed by atoms with Gasteiger partial charge >= 0.3 is 0 Å². The zero-order valence-corrected chi connectivity index (χ0v) is 10.0. The van der Waals surface area contributed by atoms with Gasteiger partial charge in [-0.2, -0.15) is 0 Å². The van der Waals surface area contributed by atoms with Crippen molar-refractivity contribution in [3.8, 4) is 5.75 Å². The van der Waals surface area contributed by atoms with Crippen LogP contribution in [0.25, 0.3) is 0 Å². The first-order valence-electron chi connectivity index (χ1n) is 5.95. The molecule has 0 radical (unpaired) electrons. The van der Waals surface area contributed by atoms with Crippen molar-refractivity contribution in [1.82, 2.24) is 10.6 Å². The van der Waals surface area contributed by atoms with Crippen molar-refractivity contribution in [3.05, 3.63) is 29.8 Å². The highest BCUT2D eigenvalue weighted by molar-refractivity contribution is 5.72. The Kier molecular flexibility index (Phi) is 3.98. The number of hydrogen-bond donors (Lipinski definition) is 2. The quantitative estimate of drug-likeness (QED) is 0.819. The zero-order valence-electron chi connectivity index (χ0n) is 10.0. The lowest BCUT2D eigenvalue weighted by Gasteiger charge is -2.12. The summed E-state index contributed by atoms with van der Waals surface area (Å²) in [5.41, 5.74) is 1.08. The van der Waals surface area contributed by atoms with E-state index in [0.29, 0.717) is 6.54 Å². The second-order valence-electron chi connectivity index (χ2n) is 4.29. The third kappa shape index (κ3) is 3.75. The first kappa shape index (κ1) is 11.9. The van der Waals surface area contributed by atoms with E-state index in [1.165, 1.54) is 6.92 Å². The van der Waals surface area contributed by atoms with Crippen molar-refractivity contribution in [3.63, 3.8) is 0 Å². The molecule has 0 bridgehead atoms. The van der Waals surface area contributed by atoms with Crippen molar-refractivity contribution in [2.45, 2.75) is 26.0 Å². The van der Waals surface area contributed by atoms with Crippen LogP contribution in [0.15, 0.2) is 24.3 Å². The molecule has 17 heavy (non-hydrogen) atoms. The van der Waals surface area contributed by atoms with Crippen molar-refractivity contribution in [1.29, 1.82) is 0 Å². The fourth-order valence-corrected chi connectivity index (χ4v) is 1.83. The van der Waals surface area contributed by atoms with E-state index in [-0.39, 0.29) is 12.0 Å². The highest BCUT2D eigenvalue weighted by atomic mass is 16.5. The van der Waals surface area contributed by atoms with Gasteiger partial charge in [0.1, 0.15) is 11.9 Å². The Morgan fingerprint density at radius 3 is 2.82 bits per heavy atom. The third-order valence-corrected chi connectivity index (χ3v) is 2.78. The summed E-state index contributed by atoms with van der Waals surface area (Å²) in [6.07, 6.45) is 1.35. The third-order valence-electron chi connectivity index (χ3n) is 2.78. The summed E-state index contributed by atoms with van der Waals surface area (Å²) in [4.78, 5) is 10.8. The maximum absolute atomic E-state index is 10.8. The molecule has 0 aliphatic carbocycles. The summed E-state index contributed by atoms with van der Waals surface area (Å²) in [6, 6.07) is 7.87. The standard InChI is InChI=1S/C13H18N2O2/c1-10(16)15-8-11-2-4-12(5-3-11)17-13-6-7-14-9-13/h2-5,13-14H,6-9H2,1H3,(H,15,16). The van der Waals surface area contributed by atoms with Gasteiger partial charge in [0.15, 0.2) is 0 Å². The van der Waals surface area contributed by atoms with E-state index in [4.69, 9.17) is 4.74 Å². The molecular weight excluding hydrogens is 216 g/mol. The van der Waals surface area contributed by atoms with Crippen LogP contribution in [0.2, 0.25) is 0 Å². The average molecular weight is 234 g/mol. The lowest BCUT2D eigenvalue weighted by Crippen LogP contribution is -2.20. The number of hydrogen-bond acceptors (Lipinski definition) is 3. The lowest BCUT2D eigenvalue weighted by molar-refractivity contribution is -0.119. The molecule has 92 valence electrons. The monoisotopic (exact) mass is 234 g/mol. The normalized spacial score (nSPS) is 19.0. The number of carbonyl (C=O) groups is 1. The second kappa shape index (κ2) is 5.68. The molecule has 0 aromatic heterocycles. The Morgan fingerprint density at radius 2 is 2.24 bits per heavy atom. The number of benzene rings is 1. The summed E-state index contributed by atoms with van der Waals surface area (Å²) < 4.78 is 5.81. The van der Waals surface area contributed by atoms with Crippen LogP contribution in [0.1, 0.15) is 18.9 Å². The van der Waals surface area contributed by atoms with Gasteiger partial charge in [-0.3, -0.25) is 4.79 Å². The summed E-state index contributed by atoms with van der Waals surface area (Å²) in [5, 5.41) is 6.03. The van der Waals surface area contributed by atoms with Crippen molar-refractivity contribution in [2.75, 3.05) is 13.1 Å². The minimum Gasteiger partial charge on any atom is -0.489 e. The minimum atomic E-state index is -0.0117. The molecule has 4 nitrogen and oxygen atoms in total. The molecule has 0 saturated carbocycles. The molecule has 1 unspecified atom stereocenters. The van der Waals surface area contributed by atoms with E-state index in [1.54, 1.807) is 0 Å². The van der Waals surface area contributed by atoms with E-state index >= 15 is 0 Å². The minimum absolute atomic E-state index is 0.0117. The maximum atomic E-state index is 10.8. The first-order chi connectivity index (χ1) is 8.24. The maximum Gasteiger partial charge on any atom is 0.217 e. The number of rotatable bonds is 4. The zero-order chi connectivity index (χ0) is 12.1. The second-order valence-corrected chi connectivity index (χ2v) is 4.29. The predicted molar refractivity (Wildman–Crippen MR) is 65.9 cm³/mol. The molecule has 1 aromatic carbocycles. The Bertz CT molecular complexity index is 370. The van der Waals surface area contributed by atoms with Crippen LogP contribution in [0.3, 0.4) is 0 Å². The number of nitrogens with one attached hydrogen (secondary N) is 2. The molecule has 1 saturated heterocycles. The molecule has 1 aromatic rings. The van der Waals surface area contributed by atoms with Gasteiger partial charge in [-0.15, -0.1) is 0 Å². The van der Waals surface area contributed by atoms with Gasteiger partial charge in [-0.25, -0.2) is 0 Å². The first-order valence-corrected chi connectivity index (χ1v) is 5.95. The molecule has 1 aliphatic heterocycles. The van der Waals surface area contributed by atoms with Crippen LogP contribution in [-0.4, -0.2) is 25.1 Å². The van der Waals surface area contributed by atoms with Crippen LogP contribution in [-0.2, 0) is 11.3 Å². The van der Waals surface area contributed by atoms with Gasteiger partial charge in [0.05, 0.1) is 0 Å². The van der Waals surface area contributed by atoms with Crippen LogP contribution in [0.5, 0.6) is 5.75 Å². The number of amides is 1. The molecule has 1 aliphatic rings. The van der Waals surface area contributed by atoms with Crippen molar-refractivity contribution < 1.29 is 9.53 Å². The Hall–Kier alpha value is -1.55. The summed E-state index contributed by atoms with van der Waals surface area (Å²) in [5.74, 6) is 0.882.